The van der Waals surface area contributed by atoms with Crippen molar-refractivity contribution in [3.8, 4) is 11.9 Å². The minimum Gasteiger partial charge on any atom is -0.477 e. The van der Waals surface area contributed by atoms with Gasteiger partial charge >= 0.3 is 0 Å². The van der Waals surface area contributed by atoms with E-state index in [1.54, 1.807) is 6.92 Å². The number of piperidine rings is 1. The Morgan fingerprint density at radius 3 is 3.13 bits per heavy atom. The number of nitrogens with one attached hydrogen (secondary N) is 2. The van der Waals surface area contributed by atoms with Gasteiger partial charge in [-0.1, -0.05) is 0 Å². The second-order valence-corrected chi connectivity index (χ2v) is 5.35. The van der Waals surface area contributed by atoms with Crippen LogP contribution in [0.3, 0.4) is 0 Å². The van der Waals surface area contributed by atoms with E-state index in [-0.39, 0.29) is 28.7 Å². The van der Waals surface area contributed by atoms with E-state index in [1.807, 2.05) is 6.07 Å². The molecular weight excluding hydrogens is 298 g/mol. The summed E-state index contributed by atoms with van der Waals surface area (Å²) in [6.07, 6.45) is 0.302. The maximum absolute atomic E-state index is 12.2. The minimum absolute atomic E-state index is 0.00212. The second kappa shape index (κ2) is 7.76. The third-order valence-electron chi connectivity index (χ3n) is 3.76. The van der Waals surface area contributed by atoms with Crippen molar-refractivity contribution in [2.24, 2.45) is 5.92 Å². The summed E-state index contributed by atoms with van der Waals surface area (Å²) < 4.78 is 5.27. The number of nitrogens with two attached hydrogens (primary N) is 1. The van der Waals surface area contributed by atoms with E-state index in [0.717, 1.165) is 13.0 Å². The third kappa shape index (κ3) is 4.09. The number of nitrogens with zero attached hydrogens (tertiary/aromatic N) is 2. The van der Waals surface area contributed by atoms with Gasteiger partial charge in [0.15, 0.2) is 0 Å². The first kappa shape index (κ1) is 17.0. The molecule has 0 unspecified atom stereocenters. The standard InChI is InChI=1S/C15H21N5O3/c1-2-23-15-10(6-16)11(17)5-12(20-15)14(22)19-7-9-3-4-18-8-13(9)21/h5,9,13,18,21H,2-4,7-8H2,1H3,(H2,17,20)(H,19,22)/t9-,13+/m1/s1. The summed E-state index contributed by atoms with van der Waals surface area (Å²) in [7, 11) is 0. The molecule has 1 aliphatic rings. The number of carbonyl (C=O) groups excluding carboxylic acids is 1. The van der Waals surface area contributed by atoms with Crippen LogP contribution >= 0.6 is 0 Å². The molecule has 5 N–H and O–H groups in total. The van der Waals surface area contributed by atoms with Gasteiger partial charge in [-0.3, -0.25) is 4.79 Å². The van der Waals surface area contributed by atoms with Gasteiger partial charge in [-0.05, 0) is 26.0 Å². The lowest BCUT2D eigenvalue weighted by molar-refractivity contribution is 0.0751. The van der Waals surface area contributed by atoms with Gasteiger partial charge in [-0.2, -0.15) is 5.26 Å². The number of nitriles is 1. The molecule has 0 aromatic carbocycles. The van der Waals surface area contributed by atoms with Crippen molar-refractivity contribution in [2.45, 2.75) is 19.4 Å². The summed E-state index contributed by atoms with van der Waals surface area (Å²) in [4.78, 5) is 16.3. The Hall–Kier alpha value is -2.37. The molecule has 0 saturated carbocycles. The molecule has 2 heterocycles. The first-order valence-corrected chi connectivity index (χ1v) is 7.57. The number of nitrogen functional groups attached to an aromatic ring is 1. The van der Waals surface area contributed by atoms with E-state index in [9.17, 15) is 9.90 Å². The van der Waals surface area contributed by atoms with Crippen molar-refractivity contribution >= 4 is 11.6 Å². The number of hydrogen-bond acceptors (Lipinski definition) is 7. The zero-order chi connectivity index (χ0) is 16.8. The fourth-order valence-corrected chi connectivity index (χ4v) is 2.46. The van der Waals surface area contributed by atoms with Gasteiger partial charge in [0.1, 0.15) is 17.3 Å². The number of pyridine rings is 1. The normalized spacial score (nSPS) is 20.6. The van der Waals surface area contributed by atoms with Crippen LogP contribution in [0.5, 0.6) is 5.88 Å². The fourth-order valence-electron chi connectivity index (χ4n) is 2.46. The summed E-state index contributed by atoms with van der Waals surface area (Å²) in [5, 5.41) is 24.8. The average molecular weight is 319 g/mol. The monoisotopic (exact) mass is 319 g/mol. The molecule has 0 aliphatic carbocycles. The summed E-state index contributed by atoms with van der Waals surface area (Å²) >= 11 is 0. The van der Waals surface area contributed by atoms with Crippen LogP contribution in [0.2, 0.25) is 0 Å². The molecular formula is C15H21N5O3. The Bertz CT molecular complexity index is 614. The molecule has 1 fully saturated rings. The summed E-state index contributed by atoms with van der Waals surface area (Å²) in [6.45, 7) is 3.76. The predicted molar refractivity (Wildman–Crippen MR) is 83.9 cm³/mol. The van der Waals surface area contributed by atoms with E-state index < -0.39 is 12.0 Å². The van der Waals surface area contributed by atoms with Crippen molar-refractivity contribution in [3.63, 3.8) is 0 Å². The van der Waals surface area contributed by atoms with Crippen molar-refractivity contribution in [3.05, 3.63) is 17.3 Å². The van der Waals surface area contributed by atoms with Crippen LogP contribution in [0.25, 0.3) is 0 Å². The van der Waals surface area contributed by atoms with Crippen LogP contribution in [0.4, 0.5) is 5.69 Å². The van der Waals surface area contributed by atoms with E-state index in [0.29, 0.717) is 19.7 Å². The lowest BCUT2D eigenvalue weighted by Crippen LogP contribution is -2.45. The highest BCUT2D eigenvalue weighted by Crippen LogP contribution is 2.22. The van der Waals surface area contributed by atoms with Crippen LogP contribution in [-0.4, -0.2) is 48.3 Å². The highest BCUT2D eigenvalue weighted by atomic mass is 16.5. The topological polar surface area (TPSA) is 133 Å². The van der Waals surface area contributed by atoms with E-state index in [2.05, 4.69) is 15.6 Å². The Balaban J connectivity index is 2.08. The molecule has 0 radical (unpaired) electrons. The molecule has 8 heteroatoms. The summed E-state index contributed by atoms with van der Waals surface area (Å²) in [5.74, 6) is -0.350. The first-order valence-electron chi connectivity index (χ1n) is 7.57. The van der Waals surface area contributed by atoms with Gasteiger partial charge in [-0.15, -0.1) is 0 Å². The third-order valence-corrected chi connectivity index (χ3v) is 3.76. The number of β-amino-alcohol motifs (C(OH)–C–C–N with tert-alkyl or cyclic N) is 1. The van der Waals surface area contributed by atoms with Crippen molar-refractivity contribution in [1.82, 2.24) is 15.6 Å². The van der Waals surface area contributed by atoms with Gasteiger partial charge in [0.2, 0.25) is 5.88 Å². The second-order valence-electron chi connectivity index (χ2n) is 5.35. The molecule has 2 atom stereocenters. The highest BCUT2D eigenvalue weighted by Gasteiger charge is 2.24. The van der Waals surface area contributed by atoms with Gasteiger partial charge in [-0.25, -0.2) is 4.98 Å². The van der Waals surface area contributed by atoms with Crippen LogP contribution in [0.1, 0.15) is 29.4 Å². The number of carbonyl (C=O) groups is 1. The number of rotatable bonds is 5. The van der Waals surface area contributed by atoms with Crippen LogP contribution in [0.15, 0.2) is 6.07 Å². The number of anilines is 1. The quantitative estimate of drug-likeness (QED) is 0.582. The van der Waals surface area contributed by atoms with E-state index in [1.165, 1.54) is 6.07 Å². The molecule has 1 amide bonds. The smallest absolute Gasteiger partial charge is 0.270 e. The number of aliphatic hydroxyl groups is 1. The zero-order valence-corrected chi connectivity index (χ0v) is 13.0. The Morgan fingerprint density at radius 2 is 2.48 bits per heavy atom. The Kier molecular flexibility index (Phi) is 5.73. The molecule has 2 rings (SSSR count). The number of aliphatic hydroxyl groups excluding tert-OH is 1. The van der Waals surface area contributed by atoms with Gasteiger partial charge in [0.05, 0.1) is 18.4 Å². The Labute approximate surface area is 134 Å². The van der Waals surface area contributed by atoms with Crippen LogP contribution in [0, 0.1) is 17.2 Å². The molecule has 1 aromatic rings. The summed E-state index contributed by atoms with van der Waals surface area (Å²) in [5.41, 5.74) is 6.16. The number of ether oxygens (including phenoxy) is 1. The van der Waals surface area contributed by atoms with E-state index >= 15 is 0 Å². The van der Waals surface area contributed by atoms with Crippen molar-refractivity contribution in [1.29, 1.82) is 5.26 Å². The minimum atomic E-state index is -0.484. The predicted octanol–water partition coefficient (Wildman–Crippen LogP) is -0.366. The van der Waals surface area contributed by atoms with Crippen molar-refractivity contribution in [2.75, 3.05) is 32.0 Å². The van der Waals surface area contributed by atoms with Crippen molar-refractivity contribution < 1.29 is 14.6 Å². The lowest BCUT2D eigenvalue weighted by atomic mass is 9.95. The highest BCUT2D eigenvalue weighted by molar-refractivity contribution is 5.93. The zero-order valence-electron chi connectivity index (χ0n) is 13.0. The lowest BCUT2D eigenvalue weighted by Gasteiger charge is -2.28. The fraction of sp³-hybridized carbons (Fsp3) is 0.533. The molecule has 0 bridgehead atoms. The average Bonchev–Trinajstić information content (AvgIpc) is 2.54. The van der Waals surface area contributed by atoms with Crippen LogP contribution < -0.4 is 21.1 Å². The molecule has 23 heavy (non-hydrogen) atoms. The first-order chi connectivity index (χ1) is 11.1. The molecule has 1 saturated heterocycles. The van der Waals surface area contributed by atoms with Crippen LogP contribution in [-0.2, 0) is 0 Å². The Morgan fingerprint density at radius 1 is 1.70 bits per heavy atom. The number of hydrogen-bond donors (Lipinski definition) is 4. The van der Waals surface area contributed by atoms with E-state index in [4.69, 9.17) is 15.7 Å². The number of amides is 1. The van der Waals surface area contributed by atoms with Gasteiger partial charge < -0.3 is 26.2 Å². The molecule has 0 spiro atoms. The maximum atomic E-state index is 12.2. The number of aromatic nitrogens is 1. The SMILES string of the molecule is CCOc1nc(C(=O)NC[C@H]2CCNC[C@@H]2O)cc(N)c1C#N. The molecule has 1 aromatic heterocycles. The summed E-state index contributed by atoms with van der Waals surface area (Å²) in [6, 6.07) is 3.28. The maximum Gasteiger partial charge on any atom is 0.270 e. The largest absolute Gasteiger partial charge is 0.477 e. The molecule has 1 aliphatic heterocycles. The van der Waals surface area contributed by atoms with Gasteiger partial charge in [0, 0.05) is 19.0 Å². The molecule has 8 nitrogen and oxygen atoms in total. The van der Waals surface area contributed by atoms with Gasteiger partial charge in [0.25, 0.3) is 5.91 Å². The molecule has 124 valence electrons.